The van der Waals surface area contributed by atoms with Crippen molar-refractivity contribution in [1.82, 2.24) is 20.2 Å². The minimum Gasteiger partial charge on any atom is -0.467 e. The van der Waals surface area contributed by atoms with Crippen molar-refractivity contribution in [2.45, 2.75) is 13.0 Å². The molecule has 2 N–H and O–H groups in total. The van der Waals surface area contributed by atoms with E-state index in [0.29, 0.717) is 0 Å². The number of tetrazole rings is 1. The number of methoxy groups -OCH3 is 1. The lowest BCUT2D eigenvalue weighted by atomic mass is 10.3. The number of carbonyl (C=O) groups is 1. The van der Waals surface area contributed by atoms with E-state index in [-0.39, 0.29) is 5.95 Å². The number of esters is 1. The minimum absolute atomic E-state index is 0.0906. The molecule has 0 fully saturated rings. The summed E-state index contributed by atoms with van der Waals surface area (Å²) >= 11 is 0. The SMILES string of the molecule is COC(=O)C(C)n1nnnc1N. The molecule has 0 saturated heterocycles. The van der Waals surface area contributed by atoms with Gasteiger partial charge in [0.1, 0.15) is 0 Å². The number of carbonyl (C=O) groups excluding carboxylic acids is 1. The molecule has 1 aromatic heterocycles. The van der Waals surface area contributed by atoms with Crippen molar-refractivity contribution in [3.8, 4) is 0 Å². The van der Waals surface area contributed by atoms with E-state index in [4.69, 9.17) is 5.73 Å². The van der Waals surface area contributed by atoms with Gasteiger partial charge < -0.3 is 10.5 Å². The van der Waals surface area contributed by atoms with E-state index >= 15 is 0 Å². The van der Waals surface area contributed by atoms with Gasteiger partial charge in [0.2, 0.25) is 5.95 Å². The van der Waals surface area contributed by atoms with Crippen LogP contribution < -0.4 is 5.73 Å². The molecule has 0 aromatic carbocycles. The first-order valence-corrected chi connectivity index (χ1v) is 3.28. The van der Waals surface area contributed by atoms with Crippen LogP contribution in [0.15, 0.2) is 0 Å². The summed E-state index contributed by atoms with van der Waals surface area (Å²) < 4.78 is 5.67. The lowest BCUT2D eigenvalue weighted by Crippen LogP contribution is -2.20. The van der Waals surface area contributed by atoms with Gasteiger partial charge in [0.15, 0.2) is 6.04 Å². The summed E-state index contributed by atoms with van der Waals surface area (Å²) in [5.41, 5.74) is 5.35. The molecule has 0 aliphatic heterocycles. The van der Waals surface area contributed by atoms with Gasteiger partial charge in [-0.3, -0.25) is 0 Å². The molecule has 7 nitrogen and oxygen atoms in total. The zero-order valence-corrected chi connectivity index (χ0v) is 6.76. The summed E-state index contributed by atoms with van der Waals surface area (Å²) in [5, 5.41) is 10.2. The van der Waals surface area contributed by atoms with Crippen LogP contribution >= 0.6 is 0 Å². The van der Waals surface area contributed by atoms with Crippen LogP contribution in [0.2, 0.25) is 0 Å². The summed E-state index contributed by atoms with van der Waals surface area (Å²) in [6.45, 7) is 1.60. The molecular weight excluding hydrogens is 162 g/mol. The molecule has 0 radical (unpaired) electrons. The van der Waals surface area contributed by atoms with Crippen molar-refractivity contribution in [3.63, 3.8) is 0 Å². The Morgan fingerprint density at radius 3 is 2.83 bits per heavy atom. The maximum atomic E-state index is 11.0. The van der Waals surface area contributed by atoms with Gasteiger partial charge in [-0.2, -0.15) is 4.68 Å². The lowest BCUT2D eigenvalue weighted by molar-refractivity contribution is -0.144. The minimum atomic E-state index is -0.593. The molecule has 12 heavy (non-hydrogen) atoms. The third-order valence-electron chi connectivity index (χ3n) is 1.43. The summed E-state index contributed by atoms with van der Waals surface area (Å²) in [4.78, 5) is 11.0. The van der Waals surface area contributed by atoms with E-state index in [1.807, 2.05) is 0 Å². The Morgan fingerprint density at radius 1 is 1.75 bits per heavy atom. The fourth-order valence-corrected chi connectivity index (χ4v) is 0.747. The average Bonchev–Trinajstić information content (AvgIpc) is 2.48. The number of aromatic nitrogens is 4. The van der Waals surface area contributed by atoms with E-state index in [1.54, 1.807) is 6.92 Å². The van der Waals surface area contributed by atoms with Crippen LogP contribution in [-0.4, -0.2) is 33.3 Å². The first kappa shape index (κ1) is 8.44. The quantitative estimate of drug-likeness (QED) is 0.572. The van der Waals surface area contributed by atoms with Gasteiger partial charge in [0.25, 0.3) is 0 Å². The van der Waals surface area contributed by atoms with E-state index in [9.17, 15) is 4.79 Å². The molecule has 0 saturated carbocycles. The highest BCUT2D eigenvalue weighted by Crippen LogP contribution is 2.07. The Kier molecular flexibility index (Phi) is 2.22. The zero-order valence-electron chi connectivity index (χ0n) is 6.76. The molecule has 1 rings (SSSR count). The van der Waals surface area contributed by atoms with Gasteiger partial charge in [-0.15, -0.1) is 0 Å². The smallest absolute Gasteiger partial charge is 0.330 e. The molecule has 1 unspecified atom stereocenters. The Balaban J connectivity index is 2.84. The summed E-state index contributed by atoms with van der Waals surface area (Å²) in [7, 11) is 1.29. The predicted molar refractivity (Wildman–Crippen MR) is 39.0 cm³/mol. The maximum Gasteiger partial charge on any atom is 0.330 e. The van der Waals surface area contributed by atoms with Crippen molar-refractivity contribution >= 4 is 11.9 Å². The topological polar surface area (TPSA) is 95.9 Å². The van der Waals surface area contributed by atoms with Crippen LogP contribution in [0, 0.1) is 0 Å². The van der Waals surface area contributed by atoms with Crippen LogP contribution in [-0.2, 0) is 9.53 Å². The normalized spacial score (nSPS) is 12.5. The molecule has 0 aliphatic carbocycles. The second-order valence-electron chi connectivity index (χ2n) is 2.18. The van der Waals surface area contributed by atoms with Crippen LogP contribution in [0.25, 0.3) is 0 Å². The molecule has 1 atom stereocenters. The third kappa shape index (κ3) is 1.34. The Morgan fingerprint density at radius 2 is 2.42 bits per heavy atom. The number of hydrogen-bond donors (Lipinski definition) is 1. The summed E-state index contributed by atoms with van der Waals surface area (Å²) in [5.74, 6) is -0.345. The third-order valence-corrected chi connectivity index (χ3v) is 1.43. The van der Waals surface area contributed by atoms with Crippen molar-refractivity contribution < 1.29 is 9.53 Å². The maximum absolute atomic E-state index is 11.0. The molecule has 7 heteroatoms. The summed E-state index contributed by atoms with van der Waals surface area (Å²) in [6.07, 6.45) is 0. The molecule has 1 aromatic rings. The van der Waals surface area contributed by atoms with Gasteiger partial charge >= 0.3 is 5.97 Å². The average molecular weight is 171 g/mol. The highest BCUT2D eigenvalue weighted by atomic mass is 16.5. The Hall–Kier alpha value is -1.66. The van der Waals surface area contributed by atoms with Crippen LogP contribution in [0.4, 0.5) is 5.95 Å². The molecule has 0 amide bonds. The number of ether oxygens (including phenoxy) is 1. The lowest BCUT2D eigenvalue weighted by Gasteiger charge is -2.07. The molecule has 1 heterocycles. The highest BCUT2D eigenvalue weighted by molar-refractivity contribution is 5.73. The van der Waals surface area contributed by atoms with E-state index in [2.05, 4.69) is 20.3 Å². The van der Waals surface area contributed by atoms with Crippen molar-refractivity contribution in [1.29, 1.82) is 0 Å². The standard InChI is InChI=1S/C5H9N5O2/c1-3(4(11)12-2)10-5(6)7-8-9-10/h3H,1-2H3,(H2,6,7,9). The second kappa shape index (κ2) is 3.16. The molecule has 0 bridgehead atoms. The van der Waals surface area contributed by atoms with Crippen LogP contribution in [0.5, 0.6) is 0 Å². The van der Waals surface area contributed by atoms with Gasteiger partial charge in [-0.05, 0) is 17.4 Å². The first-order chi connectivity index (χ1) is 5.66. The van der Waals surface area contributed by atoms with Crippen molar-refractivity contribution in [3.05, 3.63) is 0 Å². The van der Waals surface area contributed by atoms with Crippen LogP contribution in [0.3, 0.4) is 0 Å². The van der Waals surface area contributed by atoms with E-state index in [0.717, 1.165) is 0 Å². The van der Waals surface area contributed by atoms with Crippen molar-refractivity contribution in [2.24, 2.45) is 0 Å². The number of nitrogen functional groups attached to an aromatic ring is 1. The van der Waals surface area contributed by atoms with Crippen molar-refractivity contribution in [2.75, 3.05) is 12.8 Å². The zero-order chi connectivity index (χ0) is 9.14. The fourth-order valence-electron chi connectivity index (χ4n) is 0.747. The first-order valence-electron chi connectivity index (χ1n) is 3.28. The van der Waals surface area contributed by atoms with Crippen LogP contribution in [0.1, 0.15) is 13.0 Å². The number of nitrogens with zero attached hydrogens (tertiary/aromatic N) is 4. The fraction of sp³-hybridized carbons (Fsp3) is 0.600. The van der Waals surface area contributed by atoms with E-state index in [1.165, 1.54) is 11.8 Å². The molecule has 0 spiro atoms. The molecule has 0 aliphatic rings. The highest BCUT2D eigenvalue weighted by Gasteiger charge is 2.18. The largest absolute Gasteiger partial charge is 0.467 e. The van der Waals surface area contributed by atoms with Gasteiger partial charge in [0, 0.05) is 0 Å². The van der Waals surface area contributed by atoms with Gasteiger partial charge in [-0.25, -0.2) is 4.79 Å². The number of hydrogen-bond acceptors (Lipinski definition) is 6. The second-order valence-corrected chi connectivity index (χ2v) is 2.18. The Labute approximate surface area is 68.5 Å². The predicted octanol–water partition coefficient (Wildman–Crippen LogP) is -1.01. The number of anilines is 1. The van der Waals surface area contributed by atoms with E-state index < -0.39 is 12.0 Å². The number of nitrogens with two attached hydrogens (primary N) is 1. The van der Waals surface area contributed by atoms with Gasteiger partial charge in [0.05, 0.1) is 7.11 Å². The number of rotatable bonds is 2. The Bertz CT molecular complexity index is 283. The summed E-state index contributed by atoms with van der Waals surface area (Å²) in [6, 6.07) is -0.593. The monoisotopic (exact) mass is 171 g/mol. The molecule has 66 valence electrons. The van der Waals surface area contributed by atoms with Gasteiger partial charge in [-0.1, -0.05) is 5.10 Å². The molecular formula is C5H9N5O2.